The molecule has 0 unspecified atom stereocenters. The topological polar surface area (TPSA) is 26.0 Å². The summed E-state index contributed by atoms with van der Waals surface area (Å²) in [6, 6.07) is 3.28. The van der Waals surface area contributed by atoms with E-state index in [1.165, 1.54) is 6.07 Å². The van der Waals surface area contributed by atoms with Crippen molar-refractivity contribution in [2.24, 2.45) is 0 Å². The van der Waals surface area contributed by atoms with Crippen LogP contribution in [0.1, 0.15) is 0 Å². The molecule has 6 heteroatoms. The van der Waals surface area contributed by atoms with E-state index < -0.39 is 11.6 Å². The first-order valence-electron chi connectivity index (χ1n) is 3.85. The fraction of sp³-hybridized carbons (Fsp3) is 0. The van der Waals surface area contributed by atoms with Crippen LogP contribution in [0.15, 0.2) is 22.7 Å². The van der Waals surface area contributed by atoms with Crippen LogP contribution in [0.25, 0.3) is 11.3 Å². The molecular formula is C9H3Cl2F2NO. The number of nitrogens with zero attached hydrogens (tertiary/aromatic N) is 1. The predicted molar refractivity (Wildman–Crippen MR) is 51.9 cm³/mol. The van der Waals surface area contributed by atoms with Gasteiger partial charge in [-0.05, 0) is 29.8 Å². The summed E-state index contributed by atoms with van der Waals surface area (Å²) in [4.78, 5) is 0. The van der Waals surface area contributed by atoms with Crippen molar-refractivity contribution < 1.29 is 13.3 Å². The van der Waals surface area contributed by atoms with Crippen molar-refractivity contribution in [1.82, 2.24) is 5.16 Å². The van der Waals surface area contributed by atoms with Crippen molar-refractivity contribution in [3.05, 3.63) is 40.1 Å². The first-order valence-corrected chi connectivity index (χ1v) is 4.61. The lowest BCUT2D eigenvalue weighted by molar-refractivity contribution is 0.424. The minimum Gasteiger partial charge on any atom is -0.342 e. The molecule has 1 aromatic carbocycles. The molecule has 0 saturated carbocycles. The Morgan fingerprint density at radius 3 is 2.40 bits per heavy atom. The Bertz CT molecular complexity index is 513. The van der Waals surface area contributed by atoms with Gasteiger partial charge in [0.05, 0.1) is 0 Å². The zero-order valence-electron chi connectivity index (χ0n) is 7.10. The molecule has 0 atom stereocenters. The normalized spacial score (nSPS) is 10.7. The van der Waals surface area contributed by atoms with Crippen LogP contribution < -0.4 is 0 Å². The Balaban J connectivity index is 2.55. The fourth-order valence-electron chi connectivity index (χ4n) is 1.08. The third-order valence-electron chi connectivity index (χ3n) is 1.79. The Kier molecular flexibility index (Phi) is 2.63. The van der Waals surface area contributed by atoms with E-state index in [0.29, 0.717) is 5.56 Å². The second-order valence-electron chi connectivity index (χ2n) is 2.75. The molecule has 0 spiro atoms. The highest BCUT2D eigenvalue weighted by Crippen LogP contribution is 2.33. The Morgan fingerprint density at radius 2 is 1.87 bits per heavy atom. The molecule has 2 rings (SSSR count). The molecule has 15 heavy (non-hydrogen) atoms. The molecule has 1 heterocycles. The standard InChI is InChI=1S/C9H3Cl2F2NO/c10-7-8(14-15-9(7)11)4-1-2-5(12)6(13)3-4/h1-3H. The maximum atomic E-state index is 12.9. The van der Waals surface area contributed by atoms with Crippen molar-refractivity contribution in [2.45, 2.75) is 0 Å². The summed E-state index contributed by atoms with van der Waals surface area (Å²) in [5.74, 6) is -1.92. The van der Waals surface area contributed by atoms with Gasteiger partial charge in [0.15, 0.2) is 11.6 Å². The molecule has 0 fully saturated rings. The molecule has 2 aromatic rings. The monoisotopic (exact) mass is 249 g/mol. The molecule has 0 N–H and O–H groups in total. The third kappa shape index (κ3) is 1.82. The molecule has 78 valence electrons. The van der Waals surface area contributed by atoms with Crippen LogP contribution >= 0.6 is 23.2 Å². The summed E-state index contributed by atoms with van der Waals surface area (Å²) < 4.78 is 30.1. The lowest BCUT2D eigenvalue weighted by atomic mass is 10.1. The van der Waals surface area contributed by atoms with Crippen molar-refractivity contribution in [2.75, 3.05) is 0 Å². The van der Waals surface area contributed by atoms with E-state index in [1.807, 2.05) is 0 Å². The second-order valence-corrected chi connectivity index (χ2v) is 3.47. The number of hydrogen-bond acceptors (Lipinski definition) is 2. The van der Waals surface area contributed by atoms with E-state index in [4.69, 9.17) is 23.2 Å². The van der Waals surface area contributed by atoms with Crippen LogP contribution in [0.5, 0.6) is 0 Å². The van der Waals surface area contributed by atoms with E-state index in [2.05, 4.69) is 9.68 Å². The molecule has 0 aliphatic carbocycles. The first kappa shape index (κ1) is 10.4. The van der Waals surface area contributed by atoms with Gasteiger partial charge >= 0.3 is 0 Å². The fourth-order valence-corrected chi connectivity index (χ4v) is 1.38. The van der Waals surface area contributed by atoms with Gasteiger partial charge in [-0.3, -0.25) is 0 Å². The Hall–Kier alpha value is -1.13. The van der Waals surface area contributed by atoms with Crippen LogP contribution in [0.2, 0.25) is 10.2 Å². The maximum Gasteiger partial charge on any atom is 0.245 e. The lowest BCUT2D eigenvalue weighted by Gasteiger charge is -1.97. The lowest BCUT2D eigenvalue weighted by Crippen LogP contribution is -1.85. The van der Waals surface area contributed by atoms with Crippen LogP contribution in [0.4, 0.5) is 8.78 Å². The highest BCUT2D eigenvalue weighted by Gasteiger charge is 2.15. The Morgan fingerprint density at radius 1 is 1.13 bits per heavy atom. The van der Waals surface area contributed by atoms with Crippen molar-refractivity contribution in [3.63, 3.8) is 0 Å². The molecule has 0 radical (unpaired) electrons. The largest absolute Gasteiger partial charge is 0.342 e. The van der Waals surface area contributed by atoms with Gasteiger partial charge in [0.2, 0.25) is 5.22 Å². The van der Waals surface area contributed by atoms with Gasteiger partial charge in [-0.1, -0.05) is 16.8 Å². The summed E-state index contributed by atoms with van der Waals surface area (Å²) in [6.07, 6.45) is 0. The molecule has 0 saturated heterocycles. The van der Waals surface area contributed by atoms with Gasteiger partial charge in [-0.25, -0.2) is 8.78 Å². The van der Waals surface area contributed by atoms with E-state index >= 15 is 0 Å². The first-order chi connectivity index (χ1) is 7.09. The zero-order chi connectivity index (χ0) is 11.0. The minimum absolute atomic E-state index is 0.0719. The van der Waals surface area contributed by atoms with Crippen LogP contribution in [0.3, 0.4) is 0 Å². The average molecular weight is 250 g/mol. The highest BCUT2D eigenvalue weighted by atomic mass is 35.5. The van der Waals surface area contributed by atoms with Gasteiger partial charge in [-0.2, -0.15) is 0 Å². The number of aromatic nitrogens is 1. The molecule has 0 amide bonds. The van der Waals surface area contributed by atoms with E-state index in [1.54, 1.807) is 0 Å². The molecule has 0 aliphatic rings. The molecule has 0 aliphatic heterocycles. The average Bonchev–Trinajstić information content (AvgIpc) is 2.53. The van der Waals surface area contributed by atoms with Crippen molar-refractivity contribution >= 4 is 23.2 Å². The highest BCUT2D eigenvalue weighted by molar-refractivity contribution is 6.42. The van der Waals surface area contributed by atoms with Gasteiger partial charge in [-0.15, -0.1) is 0 Å². The van der Waals surface area contributed by atoms with Crippen LogP contribution in [-0.2, 0) is 0 Å². The SMILES string of the molecule is Fc1ccc(-c2noc(Cl)c2Cl)cc1F. The number of benzene rings is 1. The number of halogens is 4. The Labute approximate surface area is 93.4 Å². The summed E-state index contributed by atoms with van der Waals surface area (Å²) >= 11 is 11.3. The second kappa shape index (κ2) is 3.79. The van der Waals surface area contributed by atoms with Crippen LogP contribution in [-0.4, -0.2) is 5.16 Å². The van der Waals surface area contributed by atoms with Gasteiger partial charge in [0.25, 0.3) is 0 Å². The quantitative estimate of drug-likeness (QED) is 0.766. The maximum absolute atomic E-state index is 12.9. The number of rotatable bonds is 1. The van der Waals surface area contributed by atoms with Crippen molar-refractivity contribution in [1.29, 1.82) is 0 Å². The van der Waals surface area contributed by atoms with Crippen LogP contribution in [0, 0.1) is 11.6 Å². The molecule has 2 nitrogen and oxygen atoms in total. The summed E-state index contributed by atoms with van der Waals surface area (Å²) in [5.41, 5.74) is 0.482. The third-order valence-corrected chi connectivity index (χ3v) is 2.50. The van der Waals surface area contributed by atoms with Gasteiger partial charge in [0.1, 0.15) is 10.7 Å². The van der Waals surface area contributed by atoms with E-state index in [0.717, 1.165) is 12.1 Å². The van der Waals surface area contributed by atoms with Gasteiger partial charge < -0.3 is 4.52 Å². The smallest absolute Gasteiger partial charge is 0.245 e. The summed E-state index contributed by atoms with van der Waals surface area (Å²) in [5, 5.41) is 3.51. The molecular weight excluding hydrogens is 247 g/mol. The summed E-state index contributed by atoms with van der Waals surface area (Å²) in [6.45, 7) is 0. The summed E-state index contributed by atoms with van der Waals surface area (Å²) in [7, 11) is 0. The molecule has 0 bridgehead atoms. The van der Waals surface area contributed by atoms with Crippen molar-refractivity contribution in [3.8, 4) is 11.3 Å². The van der Waals surface area contributed by atoms with Gasteiger partial charge in [0, 0.05) is 5.56 Å². The minimum atomic E-state index is -0.984. The van der Waals surface area contributed by atoms with E-state index in [-0.39, 0.29) is 15.9 Å². The molecule has 1 aromatic heterocycles. The predicted octanol–water partition coefficient (Wildman–Crippen LogP) is 3.93. The zero-order valence-corrected chi connectivity index (χ0v) is 8.61. The van der Waals surface area contributed by atoms with E-state index in [9.17, 15) is 8.78 Å². The number of hydrogen-bond donors (Lipinski definition) is 0.